The quantitative estimate of drug-likeness (QED) is 0.291. The van der Waals surface area contributed by atoms with Gasteiger partial charge in [-0.1, -0.05) is 46.3 Å². The van der Waals surface area contributed by atoms with Crippen LogP contribution in [0.15, 0.2) is 76.3 Å². The molecule has 0 aliphatic heterocycles. The number of carbonyl (C=O) groups excluding carboxylic acids is 1. The third-order valence-electron chi connectivity index (χ3n) is 5.25. The van der Waals surface area contributed by atoms with Gasteiger partial charge in [-0.3, -0.25) is 4.79 Å². The molecule has 5 heteroatoms. The van der Waals surface area contributed by atoms with E-state index in [1.807, 2.05) is 42.5 Å². The molecule has 1 amide bonds. The number of benzene rings is 3. The van der Waals surface area contributed by atoms with Crippen LogP contribution >= 0.6 is 15.9 Å². The van der Waals surface area contributed by atoms with Gasteiger partial charge in [0.05, 0.1) is 6.21 Å². The maximum atomic E-state index is 12.5. The number of halogens is 1. The van der Waals surface area contributed by atoms with E-state index in [9.17, 15) is 4.79 Å². The Morgan fingerprint density at radius 1 is 0.967 bits per heavy atom. The molecule has 1 heterocycles. The molecule has 0 bridgehead atoms. The number of aryl methyl sites for hydroxylation is 2. The molecule has 0 radical (unpaired) electrons. The van der Waals surface area contributed by atoms with Crippen LogP contribution in [0.1, 0.15) is 32.9 Å². The number of nitrogens with zero attached hydrogens (tertiary/aromatic N) is 2. The van der Waals surface area contributed by atoms with Gasteiger partial charge in [-0.2, -0.15) is 5.10 Å². The molecule has 0 aliphatic carbocycles. The number of fused-ring (bicyclic) bond motifs is 1. The summed E-state index contributed by atoms with van der Waals surface area (Å²) < 4.78 is 3.28. The molecule has 150 valence electrons. The van der Waals surface area contributed by atoms with Gasteiger partial charge in [0.15, 0.2) is 0 Å². The maximum absolute atomic E-state index is 12.5. The summed E-state index contributed by atoms with van der Waals surface area (Å²) >= 11 is 3.55. The second kappa shape index (κ2) is 8.28. The molecule has 4 aromatic rings. The average molecular weight is 460 g/mol. The molecule has 0 atom stereocenters. The Balaban J connectivity index is 1.54. The van der Waals surface area contributed by atoms with E-state index in [0.717, 1.165) is 37.9 Å². The SMILES string of the molecule is Cc1cc(-n2c(C)cc(/C=N/NC(=O)c3ccc4ccccc4c3)c2C)ccc1Br. The molecule has 3 aromatic carbocycles. The lowest BCUT2D eigenvalue weighted by molar-refractivity contribution is 0.0955. The minimum atomic E-state index is -0.227. The van der Waals surface area contributed by atoms with E-state index < -0.39 is 0 Å². The van der Waals surface area contributed by atoms with Gasteiger partial charge in [0.1, 0.15) is 0 Å². The monoisotopic (exact) mass is 459 g/mol. The van der Waals surface area contributed by atoms with E-state index in [0.29, 0.717) is 5.56 Å². The van der Waals surface area contributed by atoms with Crippen LogP contribution in [-0.2, 0) is 0 Å². The number of rotatable bonds is 4. The van der Waals surface area contributed by atoms with Gasteiger partial charge in [-0.15, -0.1) is 0 Å². The first-order valence-corrected chi connectivity index (χ1v) is 10.5. The minimum absolute atomic E-state index is 0.227. The van der Waals surface area contributed by atoms with Gasteiger partial charge >= 0.3 is 0 Å². The third kappa shape index (κ3) is 3.94. The molecule has 4 nitrogen and oxygen atoms in total. The van der Waals surface area contributed by atoms with Crippen molar-refractivity contribution in [3.05, 3.63) is 99.3 Å². The highest BCUT2D eigenvalue weighted by atomic mass is 79.9. The summed E-state index contributed by atoms with van der Waals surface area (Å²) in [5, 5.41) is 6.33. The van der Waals surface area contributed by atoms with Crippen LogP contribution < -0.4 is 5.43 Å². The molecule has 0 unspecified atom stereocenters. The molecule has 0 fully saturated rings. The summed E-state index contributed by atoms with van der Waals surface area (Å²) in [6, 6.07) is 22.0. The highest BCUT2D eigenvalue weighted by molar-refractivity contribution is 9.10. The maximum Gasteiger partial charge on any atom is 0.271 e. The number of hydrogen-bond acceptors (Lipinski definition) is 2. The summed E-state index contributed by atoms with van der Waals surface area (Å²) in [5.41, 5.74) is 8.65. The van der Waals surface area contributed by atoms with Crippen molar-refractivity contribution >= 4 is 38.8 Å². The Labute approximate surface area is 184 Å². The zero-order valence-corrected chi connectivity index (χ0v) is 18.7. The molecule has 0 aliphatic rings. The molecule has 1 N–H and O–H groups in total. The van der Waals surface area contributed by atoms with E-state index >= 15 is 0 Å². The second-order valence-corrected chi connectivity index (χ2v) is 8.21. The fourth-order valence-corrected chi connectivity index (χ4v) is 3.89. The van der Waals surface area contributed by atoms with Gasteiger partial charge in [0.25, 0.3) is 5.91 Å². The van der Waals surface area contributed by atoms with Crippen LogP contribution in [0.5, 0.6) is 0 Å². The van der Waals surface area contributed by atoms with Crippen molar-refractivity contribution in [2.24, 2.45) is 5.10 Å². The lowest BCUT2D eigenvalue weighted by Crippen LogP contribution is -2.17. The van der Waals surface area contributed by atoms with Crippen LogP contribution in [0, 0.1) is 20.8 Å². The van der Waals surface area contributed by atoms with Gasteiger partial charge in [0.2, 0.25) is 0 Å². The Hall–Kier alpha value is -3.18. The smallest absolute Gasteiger partial charge is 0.271 e. The van der Waals surface area contributed by atoms with Gasteiger partial charge in [0, 0.05) is 32.7 Å². The molecule has 4 rings (SSSR count). The van der Waals surface area contributed by atoms with Crippen LogP contribution in [0.25, 0.3) is 16.5 Å². The topological polar surface area (TPSA) is 46.4 Å². The first-order chi connectivity index (χ1) is 14.4. The van der Waals surface area contributed by atoms with Crippen molar-refractivity contribution in [3.8, 4) is 5.69 Å². The van der Waals surface area contributed by atoms with Crippen molar-refractivity contribution < 1.29 is 4.79 Å². The Morgan fingerprint density at radius 3 is 2.50 bits per heavy atom. The number of aromatic nitrogens is 1. The van der Waals surface area contributed by atoms with Crippen LogP contribution in [0.2, 0.25) is 0 Å². The third-order valence-corrected chi connectivity index (χ3v) is 6.14. The summed E-state index contributed by atoms with van der Waals surface area (Å²) in [6.45, 7) is 6.19. The first-order valence-electron chi connectivity index (χ1n) is 9.72. The normalized spacial score (nSPS) is 11.3. The summed E-state index contributed by atoms with van der Waals surface area (Å²) in [4.78, 5) is 12.5. The zero-order chi connectivity index (χ0) is 21.3. The summed E-state index contributed by atoms with van der Waals surface area (Å²) in [5.74, 6) is -0.227. The fraction of sp³-hybridized carbons (Fsp3) is 0.120. The molecule has 1 aromatic heterocycles. The standard InChI is InChI=1S/C25H22BrN3O/c1-16-12-23(10-11-24(16)26)29-17(2)13-22(18(29)3)15-27-28-25(30)21-9-8-19-6-4-5-7-20(19)14-21/h4-15H,1-3H3,(H,28,30)/b27-15+. The second-order valence-electron chi connectivity index (χ2n) is 7.36. The molecular formula is C25H22BrN3O. The van der Waals surface area contributed by atoms with Crippen LogP contribution in [-0.4, -0.2) is 16.7 Å². The number of hydrazone groups is 1. The first kappa shape index (κ1) is 20.1. The van der Waals surface area contributed by atoms with Gasteiger partial charge in [-0.25, -0.2) is 5.43 Å². The van der Waals surface area contributed by atoms with Crippen molar-refractivity contribution in [2.75, 3.05) is 0 Å². The predicted octanol–water partition coefficient (Wildman–Crippen LogP) is 6.08. The minimum Gasteiger partial charge on any atom is -0.318 e. The van der Waals surface area contributed by atoms with E-state index in [-0.39, 0.29) is 5.91 Å². The van der Waals surface area contributed by atoms with E-state index in [2.05, 4.69) is 76.1 Å². The van der Waals surface area contributed by atoms with Crippen molar-refractivity contribution in [1.82, 2.24) is 9.99 Å². The molecule has 0 spiro atoms. The molecular weight excluding hydrogens is 438 g/mol. The average Bonchev–Trinajstić information content (AvgIpc) is 3.03. The number of nitrogens with one attached hydrogen (secondary N) is 1. The Kier molecular flexibility index (Phi) is 5.55. The zero-order valence-electron chi connectivity index (χ0n) is 17.1. The predicted molar refractivity (Wildman–Crippen MR) is 127 cm³/mol. The molecule has 0 saturated carbocycles. The van der Waals surface area contributed by atoms with E-state index in [1.54, 1.807) is 6.21 Å². The fourth-order valence-electron chi connectivity index (χ4n) is 3.64. The largest absolute Gasteiger partial charge is 0.318 e. The van der Waals surface area contributed by atoms with E-state index in [1.165, 1.54) is 5.56 Å². The lowest BCUT2D eigenvalue weighted by atomic mass is 10.1. The highest BCUT2D eigenvalue weighted by Gasteiger charge is 2.11. The van der Waals surface area contributed by atoms with Crippen molar-refractivity contribution in [2.45, 2.75) is 20.8 Å². The summed E-state index contributed by atoms with van der Waals surface area (Å²) in [7, 11) is 0. The summed E-state index contributed by atoms with van der Waals surface area (Å²) in [6.07, 6.45) is 1.70. The van der Waals surface area contributed by atoms with Gasteiger partial charge < -0.3 is 4.57 Å². The lowest BCUT2D eigenvalue weighted by Gasteiger charge is -2.11. The highest BCUT2D eigenvalue weighted by Crippen LogP contribution is 2.24. The van der Waals surface area contributed by atoms with Crippen LogP contribution in [0.4, 0.5) is 0 Å². The van der Waals surface area contributed by atoms with Gasteiger partial charge in [-0.05, 0) is 73.5 Å². The Bertz CT molecular complexity index is 1290. The van der Waals surface area contributed by atoms with Crippen LogP contribution in [0.3, 0.4) is 0 Å². The number of hydrogen-bond donors (Lipinski definition) is 1. The number of carbonyl (C=O) groups is 1. The Morgan fingerprint density at radius 2 is 1.73 bits per heavy atom. The van der Waals surface area contributed by atoms with Crippen molar-refractivity contribution in [3.63, 3.8) is 0 Å². The number of amides is 1. The molecule has 30 heavy (non-hydrogen) atoms. The van der Waals surface area contributed by atoms with Crippen molar-refractivity contribution in [1.29, 1.82) is 0 Å². The van der Waals surface area contributed by atoms with E-state index in [4.69, 9.17) is 0 Å². The molecule has 0 saturated heterocycles.